The molecule has 454 valence electrons. The quantitative estimate of drug-likeness (QED) is 0.115. The minimum atomic E-state index is 0.807. The van der Waals surface area contributed by atoms with Crippen molar-refractivity contribution in [2.75, 3.05) is 19.6 Å². The summed E-state index contributed by atoms with van der Waals surface area (Å²) in [7, 11) is 0. The van der Waals surface area contributed by atoms with Gasteiger partial charge in [-0.05, 0) is 214 Å². The summed E-state index contributed by atoms with van der Waals surface area (Å²) in [5.74, 6) is 0. The lowest BCUT2D eigenvalue weighted by atomic mass is 9.97. The van der Waals surface area contributed by atoms with Crippen LogP contribution in [0.3, 0.4) is 0 Å². The zero-order valence-corrected chi connectivity index (χ0v) is 52.9. The van der Waals surface area contributed by atoms with Crippen molar-refractivity contribution in [1.29, 1.82) is 0 Å². The van der Waals surface area contributed by atoms with E-state index >= 15 is 0 Å². The van der Waals surface area contributed by atoms with Gasteiger partial charge in [0.25, 0.3) is 0 Å². The van der Waals surface area contributed by atoms with Gasteiger partial charge < -0.3 is 28.4 Å². The van der Waals surface area contributed by atoms with Crippen LogP contribution in [0.25, 0.3) is 98.1 Å². The van der Waals surface area contributed by atoms with Crippen LogP contribution in [0.1, 0.15) is 11.1 Å². The van der Waals surface area contributed by atoms with Gasteiger partial charge in [-0.25, -0.2) is 0 Å². The van der Waals surface area contributed by atoms with E-state index in [9.17, 15) is 0 Å². The summed E-state index contributed by atoms with van der Waals surface area (Å²) in [6.45, 7) is 4.27. The topological polar surface area (TPSA) is 39.2 Å². The summed E-state index contributed by atoms with van der Waals surface area (Å²) in [5.41, 5.74) is 20.5. The molecule has 0 spiro atoms. The van der Waals surface area contributed by atoms with Crippen molar-refractivity contribution in [3.05, 3.63) is 351 Å². The molecule has 6 heteroatoms. The maximum atomic E-state index is 7.62. The Labute approximate surface area is 556 Å². The second-order valence-electron chi connectivity index (χ2n) is 25.0. The Morgan fingerprint density at radius 2 is 0.542 bits per heavy atom. The van der Waals surface area contributed by atoms with Crippen LogP contribution in [-0.2, 0) is 0 Å². The molecule has 0 aliphatic carbocycles. The van der Waals surface area contributed by atoms with Crippen molar-refractivity contribution in [3.63, 3.8) is 0 Å². The Hall–Kier alpha value is -12.6. The zero-order chi connectivity index (χ0) is 63.8. The fraction of sp³-hybridized carbons (Fsp3) is 0.0222. The average molecular weight is 1230 g/mol. The molecule has 2 heterocycles. The van der Waals surface area contributed by atoms with E-state index in [1.165, 1.54) is 11.1 Å². The molecule has 0 unspecified atom stereocenters. The van der Waals surface area contributed by atoms with Crippen LogP contribution in [0, 0.1) is 13.8 Å². The normalized spacial score (nSPS) is 11.6. The number of aryl methyl sites for hydroxylation is 2. The molecule has 0 N–H and O–H groups in total. The molecule has 2 aromatic heterocycles. The number of hydrogen-bond donors (Lipinski definition) is 0. The lowest BCUT2D eigenvalue weighted by Gasteiger charge is -2.27. The summed E-state index contributed by atoms with van der Waals surface area (Å²) in [5, 5.41) is 13.5. The zero-order valence-electron chi connectivity index (χ0n) is 52.9. The van der Waals surface area contributed by atoms with Crippen molar-refractivity contribution in [1.82, 2.24) is 0 Å². The molecule has 0 saturated heterocycles. The Balaban J connectivity index is 0.741. The molecule has 0 saturated carbocycles. The first-order valence-electron chi connectivity index (χ1n) is 32.8. The molecule has 0 aliphatic rings. The van der Waals surface area contributed by atoms with E-state index in [0.29, 0.717) is 0 Å². The Kier molecular flexibility index (Phi) is 13.6. The molecule has 6 nitrogen and oxygen atoms in total. The molecule has 0 amide bonds. The SMILES string of the molecule is Cc1ccc(N(c2ccccc2)c2ccc3c(ccc4oc5ccc6cc(N(c7ccc(C)cc7)c7ccc(-c8cccc(N(c9ccccc9)c9cc%10ccccc%10c%10c9oc9c(N(c%11ccccc%11)c%11ccccc%11)cc%11ccccc%11c9%10)c8)cc7)ccc6c5c43)c2)cc1. The number of para-hydroxylation sites is 4. The Bertz CT molecular complexity index is 5930. The second-order valence-corrected chi connectivity index (χ2v) is 25.0. The van der Waals surface area contributed by atoms with Gasteiger partial charge in [-0.3, -0.25) is 0 Å². The average Bonchev–Trinajstić information content (AvgIpc) is 1.46. The predicted molar refractivity (Wildman–Crippen MR) is 405 cm³/mol. The van der Waals surface area contributed by atoms with E-state index in [-0.39, 0.29) is 0 Å². The molecule has 0 bridgehead atoms. The van der Waals surface area contributed by atoms with Crippen LogP contribution in [0.4, 0.5) is 68.2 Å². The van der Waals surface area contributed by atoms with Crippen LogP contribution < -0.4 is 19.6 Å². The van der Waals surface area contributed by atoms with E-state index in [1.54, 1.807) is 0 Å². The summed E-state index contributed by atoms with van der Waals surface area (Å²) < 4.78 is 14.3. The molecule has 0 aliphatic heterocycles. The van der Waals surface area contributed by atoms with Crippen molar-refractivity contribution in [2.45, 2.75) is 13.8 Å². The summed E-state index contributed by atoms with van der Waals surface area (Å²) in [4.78, 5) is 9.39. The maximum absolute atomic E-state index is 7.62. The van der Waals surface area contributed by atoms with Crippen LogP contribution in [0.5, 0.6) is 0 Å². The van der Waals surface area contributed by atoms with Gasteiger partial charge in [0.05, 0.1) is 11.4 Å². The standard InChI is InChI=1S/C90H62N4O2/c1-59-34-42-71(43-35-59)91(67-23-7-3-8-24-67)75-48-50-79-65(55-75)40-52-83-85(79)86-80-51-49-76(56-66(80)41-53-84(86)95-83)92(72-44-36-60(2)37-45-72)73-46-38-61(39-47-73)62-22-19-31-74(54-62)94(70-29-13-6-14-30-70)82-58-64-21-16-18-33-78(64)88-87-77-32-17-15-20-63(77)57-81(89(87)96-90(82)88)93(68-25-9-4-10-26-68)69-27-11-5-12-28-69/h3-58H,1-2H3. The van der Waals surface area contributed by atoms with Gasteiger partial charge in [-0.1, -0.05) is 205 Å². The first-order valence-corrected chi connectivity index (χ1v) is 32.8. The summed E-state index contributed by atoms with van der Waals surface area (Å²) in [6.07, 6.45) is 0. The smallest absolute Gasteiger partial charge is 0.160 e. The molecule has 16 aromatic carbocycles. The molecule has 18 aromatic rings. The van der Waals surface area contributed by atoms with Crippen LogP contribution in [0.2, 0.25) is 0 Å². The van der Waals surface area contributed by atoms with E-state index in [4.69, 9.17) is 8.83 Å². The van der Waals surface area contributed by atoms with Gasteiger partial charge in [-0.2, -0.15) is 0 Å². The summed E-state index contributed by atoms with van der Waals surface area (Å²) >= 11 is 0. The van der Waals surface area contributed by atoms with Crippen LogP contribution in [0.15, 0.2) is 349 Å². The van der Waals surface area contributed by atoms with Gasteiger partial charge in [0.15, 0.2) is 11.2 Å². The Morgan fingerprint density at radius 3 is 0.990 bits per heavy atom. The van der Waals surface area contributed by atoms with Gasteiger partial charge in [0.2, 0.25) is 0 Å². The highest BCUT2D eigenvalue weighted by molar-refractivity contribution is 6.32. The molecule has 0 fully saturated rings. The lowest BCUT2D eigenvalue weighted by molar-refractivity contribution is 0.669. The monoisotopic (exact) mass is 1230 g/mol. The van der Waals surface area contributed by atoms with Crippen molar-refractivity contribution >= 4 is 155 Å². The lowest BCUT2D eigenvalue weighted by Crippen LogP contribution is -2.10. The number of hydrogen-bond acceptors (Lipinski definition) is 6. The third-order valence-electron chi connectivity index (χ3n) is 19.0. The van der Waals surface area contributed by atoms with E-state index in [2.05, 4.69) is 373 Å². The summed E-state index contributed by atoms with van der Waals surface area (Å²) in [6, 6.07) is 122. The highest BCUT2D eigenvalue weighted by atomic mass is 16.3. The first-order chi connectivity index (χ1) is 47.4. The number of nitrogens with zero attached hydrogens (tertiary/aromatic N) is 4. The molecule has 96 heavy (non-hydrogen) atoms. The minimum Gasteiger partial charge on any atom is -0.456 e. The number of fused-ring (bicyclic) bond motifs is 14. The van der Waals surface area contributed by atoms with Gasteiger partial charge in [0, 0.05) is 78.4 Å². The van der Waals surface area contributed by atoms with E-state index in [0.717, 1.165) is 166 Å². The Morgan fingerprint density at radius 1 is 0.208 bits per heavy atom. The van der Waals surface area contributed by atoms with Gasteiger partial charge in [0.1, 0.15) is 11.2 Å². The highest BCUT2D eigenvalue weighted by Crippen LogP contribution is 2.52. The predicted octanol–water partition coefficient (Wildman–Crippen LogP) is 26.3. The van der Waals surface area contributed by atoms with E-state index in [1.807, 2.05) is 0 Å². The molecule has 18 rings (SSSR count). The maximum Gasteiger partial charge on any atom is 0.160 e. The third kappa shape index (κ3) is 9.65. The number of furan rings is 2. The minimum absolute atomic E-state index is 0.807. The molecule has 0 radical (unpaired) electrons. The number of rotatable bonds is 13. The third-order valence-corrected chi connectivity index (χ3v) is 19.0. The first kappa shape index (κ1) is 56.1. The van der Waals surface area contributed by atoms with Crippen molar-refractivity contribution < 1.29 is 8.83 Å². The highest BCUT2D eigenvalue weighted by Gasteiger charge is 2.28. The number of benzene rings is 16. The fourth-order valence-corrected chi connectivity index (χ4v) is 14.5. The van der Waals surface area contributed by atoms with Crippen LogP contribution >= 0.6 is 0 Å². The molecular weight excluding hydrogens is 1170 g/mol. The largest absolute Gasteiger partial charge is 0.456 e. The van der Waals surface area contributed by atoms with E-state index < -0.39 is 0 Å². The van der Waals surface area contributed by atoms with Crippen molar-refractivity contribution in [2.24, 2.45) is 0 Å². The molecule has 0 atom stereocenters. The molecular formula is C90H62N4O2. The van der Waals surface area contributed by atoms with Gasteiger partial charge >= 0.3 is 0 Å². The van der Waals surface area contributed by atoms with Crippen molar-refractivity contribution in [3.8, 4) is 11.1 Å². The number of anilines is 12. The fourth-order valence-electron chi connectivity index (χ4n) is 14.5. The van der Waals surface area contributed by atoms with Crippen LogP contribution in [-0.4, -0.2) is 0 Å². The van der Waals surface area contributed by atoms with Gasteiger partial charge in [-0.15, -0.1) is 0 Å². The second kappa shape index (κ2) is 23.2.